The Labute approximate surface area is 129 Å². The zero-order valence-corrected chi connectivity index (χ0v) is 12.7. The SMILES string of the molecule is Cn1nnc(C2CCCCN2)n1.O=COCc1ccccc1. The molecule has 7 heteroatoms. The van der Waals surface area contributed by atoms with E-state index in [0.717, 1.165) is 24.4 Å². The van der Waals surface area contributed by atoms with E-state index in [9.17, 15) is 4.79 Å². The van der Waals surface area contributed by atoms with Crippen LogP contribution in [0.2, 0.25) is 0 Å². The summed E-state index contributed by atoms with van der Waals surface area (Å²) in [5.74, 6) is 0.831. The summed E-state index contributed by atoms with van der Waals surface area (Å²) in [6.45, 7) is 1.89. The van der Waals surface area contributed by atoms with Gasteiger partial charge in [0, 0.05) is 0 Å². The van der Waals surface area contributed by atoms with E-state index in [4.69, 9.17) is 0 Å². The molecule has 7 nitrogen and oxygen atoms in total. The minimum atomic E-state index is 0.326. The number of nitrogens with zero attached hydrogens (tertiary/aromatic N) is 4. The van der Waals surface area contributed by atoms with Crippen molar-refractivity contribution in [3.8, 4) is 0 Å². The van der Waals surface area contributed by atoms with Crippen molar-refractivity contribution < 1.29 is 9.53 Å². The summed E-state index contributed by atoms with van der Waals surface area (Å²) in [5, 5.41) is 15.3. The number of rotatable bonds is 4. The minimum absolute atomic E-state index is 0.326. The molecular weight excluding hydrogens is 282 g/mol. The molecule has 0 saturated carbocycles. The summed E-state index contributed by atoms with van der Waals surface area (Å²) >= 11 is 0. The number of benzene rings is 1. The lowest BCUT2D eigenvalue weighted by atomic mass is 10.1. The van der Waals surface area contributed by atoms with E-state index in [1.54, 1.807) is 7.05 Å². The third kappa shape index (κ3) is 5.25. The Hall–Kier alpha value is -2.28. The van der Waals surface area contributed by atoms with Gasteiger partial charge < -0.3 is 10.1 Å². The first kappa shape index (κ1) is 16.1. The van der Waals surface area contributed by atoms with Crippen molar-refractivity contribution in [3.63, 3.8) is 0 Å². The lowest BCUT2D eigenvalue weighted by Gasteiger charge is -2.19. The predicted molar refractivity (Wildman–Crippen MR) is 80.7 cm³/mol. The van der Waals surface area contributed by atoms with Crippen molar-refractivity contribution in [2.24, 2.45) is 7.05 Å². The Morgan fingerprint density at radius 2 is 2.18 bits per heavy atom. The fourth-order valence-electron chi connectivity index (χ4n) is 2.21. The number of hydrogen-bond acceptors (Lipinski definition) is 6. The molecule has 1 atom stereocenters. The van der Waals surface area contributed by atoms with Crippen LogP contribution in [0.25, 0.3) is 0 Å². The first-order valence-corrected chi connectivity index (χ1v) is 7.36. The second-order valence-corrected chi connectivity index (χ2v) is 5.03. The molecule has 1 aromatic heterocycles. The molecule has 1 saturated heterocycles. The van der Waals surface area contributed by atoms with Gasteiger partial charge >= 0.3 is 0 Å². The molecule has 1 fully saturated rings. The first-order chi connectivity index (χ1) is 10.8. The lowest BCUT2D eigenvalue weighted by molar-refractivity contribution is -0.129. The van der Waals surface area contributed by atoms with E-state index in [1.165, 1.54) is 17.6 Å². The number of carbonyl (C=O) groups is 1. The molecule has 2 aromatic rings. The molecule has 1 N–H and O–H groups in total. The molecule has 0 spiro atoms. The highest BCUT2D eigenvalue weighted by molar-refractivity contribution is 5.37. The fourth-order valence-corrected chi connectivity index (χ4v) is 2.21. The summed E-state index contributed by atoms with van der Waals surface area (Å²) in [6.07, 6.45) is 3.65. The highest BCUT2D eigenvalue weighted by Crippen LogP contribution is 2.18. The molecule has 0 amide bonds. The van der Waals surface area contributed by atoms with Crippen molar-refractivity contribution >= 4 is 6.47 Å². The molecule has 3 rings (SSSR count). The van der Waals surface area contributed by atoms with Gasteiger partial charge in [0.1, 0.15) is 6.61 Å². The largest absolute Gasteiger partial charge is 0.463 e. The molecule has 1 unspecified atom stereocenters. The van der Waals surface area contributed by atoms with Gasteiger partial charge in [0.05, 0.1) is 13.1 Å². The van der Waals surface area contributed by atoms with Gasteiger partial charge in [0.15, 0.2) is 5.82 Å². The quantitative estimate of drug-likeness (QED) is 0.859. The summed E-state index contributed by atoms with van der Waals surface area (Å²) in [5.41, 5.74) is 1.01. The van der Waals surface area contributed by atoms with Crippen LogP contribution in [0.3, 0.4) is 0 Å². The zero-order valence-electron chi connectivity index (χ0n) is 12.7. The van der Waals surface area contributed by atoms with E-state index >= 15 is 0 Å². The van der Waals surface area contributed by atoms with Crippen molar-refractivity contribution in [2.75, 3.05) is 6.54 Å². The third-order valence-electron chi connectivity index (χ3n) is 3.31. The van der Waals surface area contributed by atoms with Crippen LogP contribution in [-0.4, -0.2) is 33.2 Å². The van der Waals surface area contributed by atoms with E-state index in [1.807, 2.05) is 30.3 Å². The smallest absolute Gasteiger partial charge is 0.293 e. The Morgan fingerprint density at radius 3 is 2.77 bits per heavy atom. The van der Waals surface area contributed by atoms with Crippen LogP contribution in [-0.2, 0) is 23.2 Å². The molecule has 0 aliphatic carbocycles. The first-order valence-electron chi connectivity index (χ1n) is 7.36. The number of hydrogen-bond donors (Lipinski definition) is 1. The molecule has 22 heavy (non-hydrogen) atoms. The maximum absolute atomic E-state index is 9.76. The van der Waals surface area contributed by atoms with Gasteiger partial charge in [0.2, 0.25) is 0 Å². The fraction of sp³-hybridized carbons (Fsp3) is 0.467. The molecule has 118 valence electrons. The molecule has 0 radical (unpaired) electrons. The van der Waals surface area contributed by atoms with Gasteiger partial charge in [-0.1, -0.05) is 36.8 Å². The normalized spacial score (nSPS) is 17.2. The van der Waals surface area contributed by atoms with E-state index < -0.39 is 0 Å². The highest BCUT2D eigenvalue weighted by atomic mass is 16.5. The number of ether oxygens (including phenoxy) is 1. The van der Waals surface area contributed by atoms with Crippen LogP contribution in [0, 0.1) is 0 Å². The number of tetrazole rings is 1. The van der Waals surface area contributed by atoms with Crippen molar-refractivity contribution in [1.29, 1.82) is 0 Å². The number of piperidine rings is 1. The number of aryl methyl sites for hydroxylation is 1. The van der Waals surface area contributed by atoms with Crippen LogP contribution < -0.4 is 5.32 Å². The van der Waals surface area contributed by atoms with E-state index in [-0.39, 0.29) is 0 Å². The summed E-state index contributed by atoms with van der Waals surface area (Å²) in [7, 11) is 1.79. The summed E-state index contributed by atoms with van der Waals surface area (Å²) in [6, 6.07) is 9.87. The van der Waals surface area contributed by atoms with Gasteiger partial charge in [-0.25, -0.2) is 0 Å². The molecular formula is C15H21N5O2. The second-order valence-electron chi connectivity index (χ2n) is 5.03. The van der Waals surface area contributed by atoms with Crippen LogP contribution >= 0.6 is 0 Å². The van der Waals surface area contributed by atoms with E-state index in [2.05, 4.69) is 25.5 Å². The van der Waals surface area contributed by atoms with Gasteiger partial charge in [-0.05, 0) is 30.2 Å². The Kier molecular flexibility index (Phi) is 6.50. The highest BCUT2D eigenvalue weighted by Gasteiger charge is 2.18. The molecule has 0 bridgehead atoms. The van der Waals surface area contributed by atoms with Gasteiger partial charge in [0.25, 0.3) is 6.47 Å². The minimum Gasteiger partial charge on any atom is -0.463 e. The monoisotopic (exact) mass is 303 g/mol. The Balaban J connectivity index is 0.000000164. The molecule has 1 aliphatic heterocycles. The van der Waals surface area contributed by atoms with Gasteiger partial charge in [-0.15, -0.1) is 10.2 Å². The van der Waals surface area contributed by atoms with Crippen LogP contribution in [0.15, 0.2) is 30.3 Å². The van der Waals surface area contributed by atoms with Gasteiger partial charge in [-0.3, -0.25) is 4.79 Å². The standard InChI is InChI=1S/C8H8O2.C7H13N5/c9-7-10-6-8-4-2-1-3-5-8;1-12-10-7(9-11-12)6-4-2-3-5-8-6/h1-5,7H,6H2;6,8H,2-5H2,1H3. The summed E-state index contributed by atoms with van der Waals surface area (Å²) < 4.78 is 4.54. The zero-order chi connectivity index (χ0) is 15.6. The van der Waals surface area contributed by atoms with Crippen molar-refractivity contribution in [2.45, 2.75) is 31.9 Å². The molecule has 1 aliphatic rings. The topological polar surface area (TPSA) is 81.9 Å². The predicted octanol–water partition coefficient (Wildman–Crippen LogP) is 1.38. The second kappa shape index (κ2) is 8.89. The third-order valence-corrected chi connectivity index (χ3v) is 3.31. The Bertz CT molecular complexity index is 552. The number of nitrogens with one attached hydrogen (secondary N) is 1. The van der Waals surface area contributed by atoms with Crippen molar-refractivity contribution in [3.05, 3.63) is 41.7 Å². The lowest BCUT2D eigenvalue weighted by Crippen LogP contribution is -2.27. The number of aromatic nitrogens is 4. The van der Waals surface area contributed by atoms with E-state index in [0.29, 0.717) is 19.1 Å². The van der Waals surface area contributed by atoms with Crippen molar-refractivity contribution in [1.82, 2.24) is 25.5 Å². The average Bonchev–Trinajstić information content (AvgIpc) is 3.02. The molecule has 2 heterocycles. The maximum Gasteiger partial charge on any atom is 0.293 e. The van der Waals surface area contributed by atoms with Gasteiger partial charge in [-0.2, -0.15) is 4.80 Å². The molecule has 1 aromatic carbocycles. The Morgan fingerprint density at radius 1 is 1.36 bits per heavy atom. The van der Waals surface area contributed by atoms with Crippen LogP contribution in [0.1, 0.15) is 36.7 Å². The van der Waals surface area contributed by atoms with Crippen LogP contribution in [0.4, 0.5) is 0 Å². The van der Waals surface area contributed by atoms with Crippen LogP contribution in [0.5, 0.6) is 0 Å². The summed E-state index contributed by atoms with van der Waals surface area (Å²) in [4.78, 5) is 11.3. The number of carbonyl (C=O) groups excluding carboxylic acids is 1. The maximum atomic E-state index is 9.76. The average molecular weight is 303 g/mol.